The van der Waals surface area contributed by atoms with E-state index in [9.17, 15) is 4.79 Å². The molecule has 4 heterocycles. The number of aromatic amines is 1. The number of pyridine rings is 2. The highest BCUT2D eigenvalue weighted by Gasteiger charge is 2.42. The van der Waals surface area contributed by atoms with E-state index in [2.05, 4.69) is 66.0 Å². The molecule has 2 aliphatic carbocycles. The minimum absolute atomic E-state index is 0.00480. The molecule has 0 aliphatic heterocycles. The van der Waals surface area contributed by atoms with Gasteiger partial charge in [-0.15, -0.1) is 0 Å². The van der Waals surface area contributed by atoms with E-state index in [1.807, 2.05) is 37.4 Å². The van der Waals surface area contributed by atoms with E-state index in [0.29, 0.717) is 11.3 Å². The molecule has 2 saturated carbocycles. The largest absolute Gasteiger partial charge is 0.377 e. The molecule has 4 aromatic heterocycles. The minimum Gasteiger partial charge on any atom is -0.377 e. The van der Waals surface area contributed by atoms with Gasteiger partial charge in [-0.1, -0.05) is 0 Å². The lowest BCUT2D eigenvalue weighted by molar-refractivity contribution is 0.851. The summed E-state index contributed by atoms with van der Waals surface area (Å²) in [5.41, 5.74) is 7.00. The topological polar surface area (TPSA) is 88.0 Å². The number of aromatic nitrogens is 5. The van der Waals surface area contributed by atoms with Gasteiger partial charge >= 0.3 is 0 Å². The smallest absolute Gasteiger partial charge is 0.189 e. The third-order valence-corrected chi connectivity index (χ3v) is 8.19. The molecule has 1 aromatic carbocycles. The van der Waals surface area contributed by atoms with Crippen LogP contribution in [0.15, 0.2) is 64.3 Å². The van der Waals surface area contributed by atoms with Gasteiger partial charge in [0.1, 0.15) is 5.82 Å². The average Bonchev–Trinajstić information content (AvgIpc) is 3.80. The van der Waals surface area contributed by atoms with Crippen LogP contribution in [0.1, 0.15) is 78.5 Å². The number of hydrogen-bond acceptors (Lipinski definition) is 5. The SMILES string of the molecule is Cc1ccnc([C@H]2C[C@@H]2c2cc(=O)c3ccc(N[C@H](C)c4cn5cc(C6CC6)cc(Br)c5n4)cc3[nH]2)n1. The standard InChI is InChI=1S/C29H27BrN6O/c1-15-7-8-31-28(32-15)22-11-21(22)25-12-27(37)20-6-5-19(10-24(20)34-25)33-16(2)26-14-36-13-18(17-3-4-17)9-23(30)29(36)35-26/h5-10,12-14,16-17,21-22,33H,3-4,11H2,1-2H3,(H,34,37)/t16-,21+,22+/m1/s1. The lowest BCUT2D eigenvalue weighted by Gasteiger charge is -2.14. The first kappa shape index (κ1) is 22.7. The zero-order chi connectivity index (χ0) is 25.3. The van der Waals surface area contributed by atoms with Crippen molar-refractivity contribution in [1.82, 2.24) is 24.3 Å². The number of fused-ring (bicyclic) bond motifs is 2. The minimum atomic E-state index is -0.00480. The highest BCUT2D eigenvalue weighted by atomic mass is 79.9. The van der Waals surface area contributed by atoms with Gasteiger partial charge < -0.3 is 14.7 Å². The van der Waals surface area contributed by atoms with Crippen LogP contribution in [0.25, 0.3) is 16.6 Å². The molecule has 0 radical (unpaired) electrons. The number of H-pyrrole nitrogens is 1. The molecule has 8 heteroatoms. The molecular formula is C29H27BrN6O. The third kappa shape index (κ3) is 4.23. The van der Waals surface area contributed by atoms with Gasteiger partial charge in [-0.25, -0.2) is 15.0 Å². The molecule has 0 amide bonds. The van der Waals surface area contributed by atoms with Crippen molar-refractivity contribution in [2.24, 2.45) is 0 Å². The molecule has 37 heavy (non-hydrogen) atoms. The van der Waals surface area contributed by atoms with Gasteiger partial charge in [0.05, 0.1) is 21.7 Å². The fraction of sp³-hybridized carbons (Fsp3) is 0.310. The molecule has 0 spiro atoms. The number of hydrogen-bond donors (Lipinski definition) is 2. The number of nitrogens with zero attached hydrogens (tertiary/aromatic N) is 4. The second-order valence-corrected chi connectivity index (χ2v) is 11.4. The summed E-state index contributed by atoms with van der Waals surface area (Å²) in [6.45, 7) is 4.09. The summed E-state index contributed by atoms with van der Waals surface area (Å²) in [5, 5.41) is 4.26. The van der Waals surface area contributed by atoms with Gasteiger partial charge in [-0.05, 0) is 90.9 Å². The van der Waals surface area contributed by atoms with Gasteiger partial charge in [-0.2, -0.15) is 0 Å². The monoisotopic (exact) mass is 554 g/mol. The van der Waals surface area contributed by atoms with Crippen molar-refractivity contribution < 1.29 is 0 Å². The zero-order valence-electron chi connectivity index (χ0n) is 20.7. The number of rotatable bonds is 6. The lowest BCUT2D eigenvalue weighted by atomic mass is 10.1. The first-order valence-corrected chi connectivity index (χ1v) is 13.6. The van der Waals surface area contributed by atoms with Crippen molar-refractivity contribution in [3.8, 4) is 0 Å². The second kappa shape index (κ2) is 8.52. The molecule has 0 bridgehead atoms. The van der Waals surface area contributed by atoms with Crippen molar-refractivity contribution in [3.63, 3.8) is 0 Å². The van der Waals surface area contributed by atoms with Crippen LogP contribution >= 0.6 is 15.9 Å². The number of anilines is 1. The Balaban J connectivity index is 1.15. The third-order valence-electron chi connectivity index (χ3n) is 7.61. The Bertz CT molecular complexity index is 1740. The van der Waals surface area contributed by atoms with Crippen molar-refractivity contribution in [1.29, 1.82) is 0 Å². The maximum absolute atomic E-state index is 12.9. The van der Waals surface area contributed by atoms with Crippen molar-refractivity contribution in [3.05, 3.63) is 98.2 Å². The number of imidazole rings is 1. The van der Waals surface area contributed by atoms with Gasteiger partial charge in [0.25, 0.3) is 0 Å². The molecule has 186 valence electrons. The molecule has 0 unspecified atom stereocenters. The van der Waals surface area contributed by atoms with E-state index in [-0.39, 0.29) is 23.3 Å². The Kier molecular flexibility index (Phi) is 5.22. The van der Waals surface area contributed by atoms with Crippen LogP contribution in [0, 0.1) is 6.92 Å². The molecule has 5 aromatic rings. The van der Waals surface area contributed by atoms with Crippen LogP contribution in [-0.2, 0) is 0 Å². The Morgan fingerprint density at radius 1 is 1.11 bits per heavy atom. The Morgan fingerprint density at radius 2 is 1.97 bits per heavy atom. The first-order valence-electron chi connectivity index (χ1n) is 12.8. The van der Waals surface area contributed by atoms with Gasteiger partial charge in [0.2, 0.25) is 0 Å². The predicted molar refractivity (Wildman–Crippen MR) is 148 cm³/mol. The molecular weight excluding hydrogens is 528 g/mol. The average molecular weight is 555 g/mol. The van der Waals surface area contributed by atoms with Crippen LogP contribution in [0.3, 0.4) is 0 Å². The van der Waals surface area contributed by atoms with Crippen molar-refractivity contribution >= 4 is 38.2 Å². The Labute approximate surface area is 222 Å². The predicted octanol–water partition coefficient (Wildman–Crippen LogP) is 6.36. The number of halogens is 1. The molecule has 0 saturated heterocycles. The maximum Gasteiger partial charge on any atom is 0.189 e. The van der Waals surface area contributed by atoms with E-state index < -0.39 is 0 Å². The van der Waals surface area contributed by atoms with Crippen LogP contribution < -0.4 is 10.7 Å². The summed E-state index contributed by atoms with van der Waals surface area (Å²) in [6, 6.07) is 11.7. The molecule has 3 atom stereocenters. The Hall–Kier alpha value is -3.52. The number of nitrogens with one attached hydrogen (secondary N) is 2. The molecule has 2 N–H and O–H groups in total. The molecule has 7 rings (SSSR count). The van der Waals surface area contributed by atoms with Crippen LogP contribution in [0.4, 0.5) is 5.69 Å². The number of benzene rings is 1. The van der Waals surface area contributed by atoms with Crippen molar-refractivity contribution in [2.45, 2.75) is 56.9 Å². The first-order chi connectivity index (χ1) is 17.9. The van der Waals surface area contributed by atoms with Crippen LogP contribution in [0.5, 0.6) is 0 Å². The highest BCUT2D eigenvalue weighted by Crippen LogP contribution is 2.52. The summed E-state index contributed by atoms with van der Waals surface area (Å²) >= 11 is 3.71. The zero-order valence-corrected chi connectivity index (χ0v) is 22.3. The molecule has 7 nitrogen and oxygen atoms in total. The van der Waals surface area contributed by atoms with Gasteiger partial charge in [-0.3, -0.25) is 4.79 Å². The van der Waals surface area contributed by atoms with E-state index >= 15 is 0 Å². The lowest BCUT2D eigenvalue weighted by Crippen LogP contribution is -2.09. The van der Waals surface area contributed by atoms with Crippen molar-refractivity contribution in [2.75, 3.05) is 5.32 Å². The summed E-state index contributed by atoms with van der Waals surface area (Å²) in [5.74, 6) is 2.04. The molecule has 2 aliphatic rings. The van der Waals surface area contributed by atoms with E-state index in [1.54, 1.807) is 6.07 Å². The summed E-state index contributed by atoms with van der Waals surface area (Å²) in [7, 11) is 0. The fourth-order valence-electron chi connectivity index (χ4n) is 5.30. The summed E-state index contributed by atoms with van der Waals surface area (Å²) < 4.78 is 3.15. The fourth-order valence-corrected chi connectivity index (χ4v) is 5.86. The van der Waals surface area contributed by atoms with E-state index in [0.717, 1.165) is 50.7 Å². The summed E-state index contributed by atoms with van der Waals surface area (Å²) in [4.78, 5) is 30.3. The van der Waals surface area contributed by atoms with E-state index in [4.69, 9.17) is 4.98 Å². The maximum atomic E-state index is 12.9. The normalized spacial score (nSPS) is 19.9. The van der Waals surface area contributed by atoms with Crippen LogP contribution in [0.2, 0.25) is 0 Å². The number of aryl methyl sites for hydroxylation is 1. The highest BCUT2D eigenvalue weighted by molar-refractivity contribution is 9.10. The molecule has 2 fully saturated rings. The summed E-state index contributed by atoms with van der Waals surface area (Å²) in [6.07, 6.45) is 9.60. The van der Waals surface area contributed by atoms with Crippen LogP contribution in [-0.4, -0.2) is 24.3 Å². The quantitative estimate of drug-likeness (QED) is 0.255. The second-order valence-electron chi connectivity index (χ2n) is 10.5. The van der Waals surface area contributed by atoms with Gasteiger partial charge in [0, 0.05) is 59.0 Å². The van der Waals surface area contributed by atoms with Gasteiger partial charge in [0.15, 0.2) is 11.1 Å². The Morgan fingerprint density at radius 3 is 2.78 bits per heavy atom. The van der Waals surface area contributed by atoms with E-state index in [1.165, 1.54) is 18.4 Å².